The Bertz CT molecular complexity index is 640. The van der Waals surface area contributed by atoms with Crippen LogP contribution >= 0.6 is 0 Å². The predicted octanol–water partition coefficient (Wildman–Crippen LogP) is 2.25. The number of benzene rings is 2. The van der Waals surface area contributed by atoms with E-state index in [-0.39, 0.29) is 0 Å². The van der Waals surface area contributed by atoms with Gasteiger partial charge in [-0.2, -0.15) is 0 Å². The van der Waals surface area contributed by atoms with Crippen molar-refractivity contribution in [2.45, 2.75) is 6.04 Å². The van der Waals surface area contributed by atoms with E-state index in [1.54, 1.807) is 54.6 Å². The van der Waals surface area contributed by atoms with E-state index in [1.807, 2.05) is 0 Å². The number of aliphatic carboxylic acids is 1. The summed E-state index contributed by atoms with van der Waals surface area (Å²) in [6.07, 6.45) is 0. The molecule has 2 aromatic rings. The van der Waals surface area contributed by atoms with E-state index in [9.17, 15) is 14.7 Å². The number of para-hydroxylation sites is 1. The van der Waals surface area contributed by atoms with Gasteiger partial charge in [-0.15, -0.1) is 0 Å². The molecule has 0 saturated carbocycles. The van der Waals surface area contributed by atoms with Gasteiger partial charge < -0.3 is 15.2 Å². The molecule has 1 unspecified atom stereocenters. The standard InChI is InChI=1S/C16H15NO4/c1-21-13-10-6-5-9-12(13)14(16(19)20)17-15(18)11-7-3-2-4-8-11/h2-10,14H,1H3,(H,17,18)(H,19,20). The van der Waals surface area contributed by atoms with Crippen LogP contribution in [0.2, 0.25) is 0 Å². The van der Waals surface area contributed by atoms with Crippen LogP contribution in [-0.2, 0) is 4.79 Å². The highest BCUT2D eigenvalue weighted by Gasteiger charge is 2.25. The molecule has 0 heterocycles. The number of rotatable bonds is 5. The smallest absolute Gasteiger partial charge is 0.331 e. The van der Waals surface area contributed by atoms with E-state index >= 15 is 0 Å². The van der Waals surface area contributed by atoms with Crippen molar-refractivity contribution < 1.29 is 19.4 Å². The van der Waals surface area contributed by atoms with Gasteiger partial charge in [-0.25, -0.2) is 4.79 Å². The van der Waals surface area contributed by atoms with Crippen molar-refractivity contribution in [1.29, 1.82) is 0 Å². The number of carbonyl (C=O) groups is 2. The number of carbonyl (C=O) groups excluding carboxylic acids is 1. The predicted molar refractivity (Wildman–Crippen MR) is 77.3 cm³/mol. The van der Waals surface area contributed by atoms with E-state index < -0.39 is 17.9 Å². The topological polar surface area (TPSA) is 75.6 Å². The van der Waals surface area contributed by atoms with Crippen molar-refractivity contribution in [3.63, 3.8) is 0 Å². The van der Waals surface area contributed by atoms with Crippen LogP contribution in [0.3, 0.4) is 0 Å². The number of hydrogen-bond acceptors (Lipinski definition) is 3. The second-order valence-corrected chi connectivity index (χ2v) is 4.35. The highest BCUT2D eigenvalue weighted by molar-refractivity contribution is 5.96. The fourth-order valence-corrected chi connectivity index (χ4v) is 1.98. The minimum Gasteiger partial charge on any atom is -0.496 e. The van der Waals surface area contributed by atoms with Gasteiger partial charge in [-0.05, 0) is 18.2 Å². The average molecular weight is 285 g/mol. The summed E-state index contributed by atoms with van der Waals surface area (Å²) in [7, 11) is 1.46. The van der Waals surface area contributed by atoms with Gasteiger partial charge in [-0.1, -0.05) is 36.4 Å². The summed E-state index contributed by atoms with van der Waals surface area (Å²) in [5, 5.41) is 11.9. The van der Waals surface area contributed by atoms with Gasteiger partial charge in [0.05, 0.1) is 7.11 Å². The number of amides is 1. The Kier molecular flexibility index (Phi) is 4.56. The molecule has 0 saturated heterocycles. The highest BCUT2D eigenvalue weighted by Crippen LogP contribution is 2.25. The number of ether oxygens (including phenoxy) is 1. The lowest BCUT2D eigenvalue weighted by atomic mass is 10.0. The first-order valence-corrected chi connectivity index (χ1v) is 6.35. The average Bonchev–Trinajstić information content (AvgIpc) is 2.53. The minimum absolute atomic E-state index is 0.400. The zero-order chi connectivity index (χ0) is 15.2. The summed E-state index contributed by atoms with van der Waals surface area (Å²) in [6.45, 7) is 0. The van der Waals surface area contributed by atoms with Gasteiger partial charge in [-0.3, -0.25) is 4.79 Å². The number of carboxylic acids is 1. The fraction of sp³-hybridized carbons (Fsp3) is 0.125. The van der Waals surface area contributed by atoms with Crippen molar-refractivity contribution in [3.05, 3.63) is 65.7 Å². The van der Waals surface area contributed by atoms with Gasteiger partial charge in [0.15, 0.2) is 6.04 Å². The minimum atomic E-state index is -1.17. The third-order valence-electron chi connectivity index (χ3n) is 3.01. The zero-order valence-electron chi connectivity index (χ0n) is 11.4. The molecule has 21 heavy (non-hydrogen) atoms. The van der Waals surface area contributed by atoms with Crippen LogP contribution in [-0.4, -0.2) is 24.1 Å². The molecular weight excluding hydrogens is 270 g/mol. The summed E-state index contributed by atoms with van der Waals surface area (Å²) in [4.78, 5) is 23.6. The zero-order valence-corrected chi connectivity index (χ0v) is 11.4. The molecule has 2 N–H and O–H groups in total. The molecular formula is C16H15NO4. The Morgan fingerprint density at radius 1 is 1.05 bits per heavy atom. The molecule has 5 nitrogen and oxygen atoms in total. The molecule has 1 amide bonds. The van der Waals surface area contributed by atoms with E-state index in [0.29, 0.717) is 16.9 Å². The monoisotopic (exact) mass is 285 g/mol. The summed E-state index contributed by atoms with van der Waals surface area (Å²) >= 11 is 0. The van der Waals surface area contributed by atoms with E-state index in [2.05, 4.69) is 5.32 Å². The summed E-state index contributed by atoms with van der Waals surface area (Å²) in [5.74, 6) is -1.18. The third-order valence-corrected chi connectivity index (χ3v) is 3.01. The Balaban J connectivity index is 2.28. The maximum Gasteiger partial charge on any atom is 0.331 e. The van der Waals surface area contributed by atoms with Crippen molar-refractivity contribution in [1.82, 2.24) is 5.32 Å². The maximum absolute atomic E-state index is 12.1. The number of hydrogen-bond donors (Lipinski definition) is 2. The number of carboxylic acid groups (broad SMARTS) is 1. The van der Waals surface area contributed by atoms with Crippen LogP contribution in [0.4, 0.5) is 0 Å². The van der Waals surface area contributed by atoms with E-state index in [1.165, 1.54) is 7.11 Å². The molecule has 0 aliphatic carbocycles. The second-order valence-electron chi connectivity index (χ2n) is 4.35. The van der Waals surface area contributed by atoms with Gasteiger partial charge in [0.1, 0.15) is 5.75 Å². The largest absolute Gasteiger partial charge is 0.496 e. The molecule has 2 aromatic carbocycles. The fourth-order valence-electron chi connectivity index (χ4n) is 1.98. The van der Waals surface area contributed by atoms with Crippen LogP contribution < -0.4 is 10.1 Å². The SMILES string of the molecule is COc1ccccc1C(NC(=O)c1ccccc1)C(=O)O. The lowest BCUT2D eigenvalue weighted by Crippen LogP contribution is -2.34. The molecule has 5 heteroatoms. The number of methoxy groups -OCH3 is 1. The lowest BCUT2D eigenvalue weighted by Gasteiger charge is -2.17. The maximum atomic E-state index is 12.1. The molecule has 0 aliphatic rings. The lowest BCUT2D eigenvalue weighted by molar-refractivity contribution is -0.139. The first-order valence-electron chi connectivity index (χ1n) is 6.35. The Labute approximate surface area is 122 Å². The van der Waals surface area contributed by atoms with Crippen LogP contribution in [0, 0.1) is 0 Å². The quantitative estimate of drug-likeness (QED) is 0.883. The molecule has 0 aliphatic heterocycles. The summed E-state index contributed by atoms with van der Waals surface area (Å²) < 4.78 is 5.15. The molecule has 0 bridgehead atoms. The first kappa shape index (κ1) is 14.6. The highest BCUT2D eigenvalue weighted by atomic mass is 16.5. The van der Waals surface area contributed by atoms with Gasteiger partial charge in [0.25, 0.3) is 5.91 Å². The van der Waals surface area contributed by atoms with Crippen LogP contribution in [0.1, 0.15) is 22.0 Å². The first-order chi connectivity index (χ1) is 10.1. The molecule has 2 rings (SSSR count). The van der Waals surface area contributed by atoms with Crippen molar-refractivity contribution >= 4 is 11.9 Å². The van der Waals surface area contributed by atoms with Crippen LogP contribution in [0.25, 0.3) is 0 Å². The number of nitrogens with one attached hydrogen (secondary N) is 1. The molecule has 0 fully saturated rings. The van der Waals surface area contributed by atoms with Crippen molar-refractivity contribution in [3.8, 4) is 5.75 Å². The summed E-state index contributed by atoms with van der Waals surface area (Å²) in [6, 6.07) is 14.0. The molecule has 0 spiro atoms. The van der Waals surface area contributed by atoms with Gasteiger partial charge in [0.2, 0.25) is 0 Å². The Hall–Kier alpha value is -2.82. The van der Waals surface area contributed by atoms with Crippen LogP contribution in [0.15, 0.2) is 54.6 Å². The normalized spacial score (nSPS) is 11.5. The van der Waals surface area contributed by atoms with Crippen molar-refractivity contribution in [2.24, 2.45) is 0 Å². The van der Waals surface area contributed by atoms with Gasteiger partial charge in [0, 0.05) is 11.1 Å². The summed E-state index contributed by atoms with van der Waals surface area (Å²) in [5.41, 5.74) is 0.801. The Morgan fingerprint density at radius 2 is 1.67 bits per heavy atom. The van der Waals surface area contributed by atoms with Crippen molar-refractivity contribution in [2.75, 3.05) is 7.11 Å². The van der Waals surface area contributed by atoms with Crippen LogP contribution in [0.5, 0.6) is 5.75 Å². The molecule has 0 radical (unpaired) electrons. The molecule has 0 aromatic heterocycles. The molecule has 108 valence electrons. The second kappa shape index (κ2) is 6.56. The Morgan fingerprint density at radius 3 is 2.29 bits per heavy atom. The third kappa shape index (κ3) is 3.39. The molecule has 1 atom stereocenters. The van der Waals surface area contributed by atoms with Gasteiger partial charge >= 0.3 is 5.97 Å². The van der Waals surface area contributed by atoms with E-state index in [0.717, 1.165) is 0 Å². The van der Waals surface area contributed by atoms with E-state index in [4.69, 9.17) is 4.74 Å².